The molecule has 0 aliphatic carbocycles. The molecule has 0 unspecified atom stereocenters. The largest absolute Gasteiger partial charge is 0.505 e. The lowest BCUT2D eigenvalue weighted by Gasteiger charge is -2.25. The molecular weight excluding hydrogens is 648 g/mol. The molecule has 4 nitrogen and oxygen atoms in total. The fourth-order valence-corrected chi connectivity index (χ4v) is 7.56. The van der Waals surface area contributed by atoms with Gasteiger partial charge in [0.2, 0.25) is 0 Å². The standard InChI is InChI=1S/C46H86N2O2.ClH/c1-3-5-7-9-11-13-15-17-19-21-23-25-27-29-31-33-35-37-41-48(44-39-40-45(47-50)46(49)43-44)42-38-36-34-32-30-28-26-24-22-20-18-16-14-12-10-8-6-4-2;/h39-40,43,49H,3-38,41-42H2,1-2H3;1H. The minimum Gasteiger partial charge on any atom is -0.505 e. The van der Waals surface area contributed by atoms with Crippen LogP contribution < -0.4 is 4.90 Å². The summed E-state index contributed by atoms with van der Waals surface area (Å²) in [5, 5.41) is 13.2. The van der Waals surface area contributed by atoms with Crippen LogP contribution in [-0.2, 0) is 0 Å². The highest BCUT2D eigenvalue weighted by atomic mass is 35.5. The molecule has 51 heavy (non-hydrogen) atoms. The number of anilines is 1. The number of rotatable bonds is 40. The van der Waals surface area contributed by atoms with E-state index in [0.29, 0.717) is 0 Å². The lowest BCUT2D eigenvalue weighted by atomic mass is 10.0. The summed E-state index contributed by atoms with van der Waals surface area (Å²) in [7, 11) is 0. The van der Waals surface area contributed by atoms with E-state index in [0.717, 1.165) is 18.8 Å². The molecule has 0 heterocycles. The van der Waals surface area contributed by atoms with Crippen LogP contribution >= 0.6 is 12.4 Å². The Kier molecular flexibility index (Phi) is 38.9. The van der Waals surface area contributed by atoms with Gasteiger partial charge in [0.25, 0.3) is 0 Å². The van der Waals surface area contributed by atoms with Gasteiger partial charge in [-0.1, -0.05) is 232 Å². The van der Waals surface area contributed by atoms with Crippen LogP contribution in [0.1, 0.15) is 245 Å². The number of unbranched alkanes of at least 4 members (excludes halogenated alkanes) is 34. The van der Waals surface area contributed by atoms with E-state index >= 15 is 0 Å². The van der Waals surface area contributed by atoms with Crippen LogP contribution in [0.5, 0.6) is 5.75 Å². The number of aromatic hydroxyl groups is 1. The van der Waals surface area contributed by atoms with Gasteiger partial charge in [-0.2, -0.15) is 0 Å². The van der Waals surface area contributed by atoms with Crippen molar-refractivity contribution in [2.45, 2.75) is 245 Å². The molecule has 300 valence electrons. The Labute approximate surface area is 324 Å². The number of phenols is 1. The lowest BCUT2D eigenvalue weighted by Crippen LogP contribution is -2.25. The maximum atomic E-state index is 11.0. The SMILES string of the molecule is CCCCCCCCCCCCCCCCCCCCN(CCCCCCCCCCCCCCCCCCCC)c1ccc(N=O)c(O)c1.Cl. The summed E-state index contributed by atoms with van der Waals surface area (Å²) < 4.78 is 0. The number of phenolic OH excluding ortho intramolecular Hbond substituents is 1. The molecule has 5 heteroatoms. The second kappa shape index (κ2) is 39.9. The summed E-state index contributed by atoms with van der Waals surface area (Å²) in [5.74, 6) is -0.00175. The van der Waals surface area contributed by atoms with Crippen LogP contribution in [0.15, 0.2) is 23.4 Å². The van der Waals surface area contributed by atoms with E-state index in [-0.39, 0.29) is 23.8 Å². The molecular formula is C46H87ClN2O2. The highest BCUT2D eigenvalue weighted by molar-refractivity contribution is 5.85. The van der Waals surface area contributed by atoms with Gasteiger partial charge in [0.15, 0.2) is 0 Å². The quantitative estimate of drug-likeness (QED) is 0.0539. The minimum absolute atomic E-state index is 0. The molecule has 1 rings (SSSR count). The second-order valence-corrected chi connectivity index (χ2v) is 15.8. The van der Waals surface area contributed by atoms with Gasteiger partial charge in [-0.25, -0.2) is 0 Å². The number of halogens is 1. The van der Waals surface area contributed by atoms with Crippen LogP contribution in [0.2, 0.25) is 0 Å². The van der Waals surface area contributed by atoms with Gasteiger partial charge in [-0.3, -0.25) is 0 Å². The molecule has 0 saturated carbocycles. The van der Waals surface area contributed by atoms with E-state index in [4.69, 9.17) is 0 Å². The topological polar surface area (TPSA) is 52.9 Å². The molecule has 0 radical (unpaired) electrons. The third-order valence-corrected chi connectivity index (χ3v) is 11.0. The fourth-order valence-electron chi connectivity index (χ4n) is 7.56. The maximum Gasteiger partial charge on any atom is 0.149 e. The molecule has 0 amide bonds. The van der Waals surface area contributed by atoms with Crippen molar-refractivity contribution in [3.05, 3.63) is 23.1 Å². The normalized spacial score (nSPS) is 11.2. The summed E-state index contributed by atoms with van der Waals surface area (Å²) in [6.07, 6.45) is 50.2. The summed E-state index contributed by atoms with van der Waals surface area (Å²) in [4.78, 5) is 13.4. The smallest absolute Gasteiger partial charge is 0.149 e. The third-order valence-electron chi connectivity index (χ3n) is 11.0. The predicted molar refractivity (Wildman–Crippen MR) is 231 cm³/mol. The Morgan fingerprint density at radius 3 is 0.922 bits per heavy atom. The van der Waals surface area contributed by atoms with Crippen LogP contribution in [0.3, 0.4) is 0 Å². The first-order valence-corrected chi connectivity index (χ1v) is 22.6. The Hall–Kier alpha value is -1.29. The van der Waals surface area contributed by atoms with Gasteiger partial charge in [0.1, 0.15) is 11.4 Å². The molecule has 0 fully saturated rings. The summed E-state index contributed by atoms with van der Waals surface area (Å²) in [6, 6.07) is 5.36. The van der Waals surface area contributed by atoms with Crippen molar-refractivity contribution in [3.8, 4) is 5.75 Å². The van der Waals surface area contributed by atoms with Gasteiger partial charge in [0, 0.05) is 24.8 Å². The first kappa shape index (κ1) is 49.7. The van der Waals surface area contributed by atoms with Crippen molar-refractivity contribution in [1.82, 2.24) is 0 Å². The van der Waals surface area contributed by atoms with Crippen molar-refractivity contribution >= 4 is 23.8 Å². The Bertz CT molecular complexity index is 811. The lowest BCUT2D eigenvalue weighted by molar-refractivity contribution is 0.476. The van der Waals surface area contributed by atoms with Crippen molar-refractivity contribution in [1.29, 1.82) is 0 Å². The van der Waals surface area contributed by atoms with Crippen LogP contribution in [-0.4, -0.2) is 18.2 Å². The number of hydrogen-bond donors (Lipinski definition) is 1. The second-order valence-electron chi connectivity index (χ2n) is 15.8. The third kappa shape index (κ3) is 31.9. The summed E-state index contributed by atoms with van der Waals surface area (Å²) in [5.41, 5.74) is 1.16. The maximum absolute atomic E-state index is 11.0. The van der Waals surface area contributed by atoms with Gasteiger partial charge in [-0.05, 0) is 30.2 Å². The van der Waals surface area contributed by atoms with E-state index in [1.165, 1.54) is 231 Å². The molecule has 1 aromatic carbocycles. The zero-order valence-electron chi connectivity index (χ0n) is 34.3. The van der Waals surface area contributed by atoms with E-state index < -0.39 is 0 Å². The van der Waals surface area contributed by atoms with Crippen molar-refractivity contribution < 1.29 is 5.11 Å². The molecule has 1 N–H and O–H groups in total. The molecule has 0 aliphatic heterocycles. The highest BCUT2D eigenvalue weighted by Crippen LogP contribution is 2.31. The zero-order chi connectivity index (χ0) is 36.0. The Morgan fingerprint density at radius 1 is 0.431 bits per heavy atom. The molecule has 0 aromatic heterocycles. The number of hydrogen-bond acceptors (Lipinski definition) is 4. The molecule has 0 spiro atoms. The van der Waals surface area contributed by atoms with Crippen LogP contribution in [0.25, 0.3) is 0 Å². The first-order chi connectivity index (χ1) is 24.7. The van der Waals surface area contributed by atoms with Crippen molar-refractivity contribution in [3.63, 3.8) is 0 Å². The Balaban J connectivity index is 0.0000250. The molecule has 0 atom stereocenters. The highest BCUT2D eigenvalue weighted by Gasteiger charge is 2.10. The zero-order valence-corrected chi connectivity index (χ0v) is 35.1. The monoisotopic (exact) mass is 735 g/mol. The predicted octanol–water partition coefficient (Wildman–Crippen LogP) is 17.1. The average Bonchev–Trinajstić information content (AvgIpc) is 3.12. The number of nitrogens with zero attached hydrogens (tertiary/aromatic N) is 2. The van der Waals surface area contributed by atoms with E-state index in [1.807, 2.05) is 6.07 Å². The molecule has 0 saturated heterocycles. The summed E-state index contributed by atoms with van der Waals surface area (Å²) >= 11 is 0. The van der Waals surface area contributed by atoms with Gasteiger partial charge < -0.3 is 10.0 Å². The van der Waals surface area contributed by atoms with Crippen molar-refractivity contribution in [2.24, 2.45) is 5.18 Å². The van der Waals surface area contributed by atoms with Gasteiger partial charge in [0.05, 0.1) is 0 Å². The van der Waals surface area contributed by atoms with Gasteiger partial charge in [-0.15, -0.1) is 17.3 Å². The molecule has 0 aliphatic rings. The molecule has 1 aromatic rings. The van der Waals surface area contributed by atoms with Crippen molar-refractivity contribution in [2.75, 3.05) is 18.0 Å². The first-order valence-electron chi connectivity index (χ1n) is 22.6. The number of benzene rings is 1. The average molecular weight is 736 g/mol. The van der Waals surface area contributed by atoms with E-state index in [9.17, 15) is 10.0 Å². The summed E-state index contributed by atoms with van der Waals surface area (Å²) in [6.45, 7) is 6.63. The van der Waals surface area contributed by atoms with Crippen LogP contribution in [0.4, 0.5) is 11.4 Å². The van der Waals surface area contributed by atoms with E-state index in [2.05, 4.69) is 23.9 Å². The molecule has 0 bridgehead atoms. The fraction of sp³-hybridized carbons (Fsp3) is 0.870. The van der Waals surface area contributed by atoms with Crippen LogP contribution in [0, 0.1) is 4.91 Å². The van der Waals surface area contributed by atoms with E-state index in [1.54, 1.807) is 12.1 Å². The van der Waals surface area contributed by atoms with Gasteiger partial charge >= 0.3 is 0 Å². The minimum atomic E-state index is -0.00175. The number of nitroso groups, excluding NO2 is 1. The Morgan fingerprint density at radius 2 is 0.686 bits per heavy atom.